The fourth-order valence-corrected chi connectivity index (χ4v) is 2.51. The van der Waals surface area contributed by atoms with Crippen LogP contribution in [0.15, 0.2) is 54.2 Å². The van der Waals surface area contributed by atoms with Gasteiger partial charge in [0.25, 0.3) is 5.91 Å². The monoisotopic (exact) mass is 348 g/mol. The van der Waals surface area contributed by atoms with E-state index in [9.17, 15) is 14.9 Å². The highest BCUT2D eigenvalue weighted by Crippen LogP contribution is 2.21. The van der Waals surface area contributed by atoms with Gasteiger partial charge in [-0.1, -0.05) is 18.2 Å². The molecule has 2 amide bonds. The van der Waals surface area contributed by atoms with Crippen molar-refractivity contribution < 1.29 is 9.59 Å². The highest BCUT2D eigenvalue weighted by Gasteiger charge is 2.24. The average Bonchev–Trinajstić information content (AvgIpc) is 2.59. The Kier molecular flexibility index (Phi) is 5.76. The molecule has 26 heavy (non-hydrogen) atoms. The van der Waals surface area contributed by atoms with Gasteiger partial charge in [-0.05, 0) is 49.2 Å². The maximum Gasteiger partial charge on any atom is 0.277 e. The number of nitrogen functional groups attached to an aromatic ring is 1. The van der Waals surface area contributed by atoms with Crippen LogP contribution in [0.25, 0.3) is 0 Å². The zero-order valence-electron chi connectivity index (χ0n) is 14.9. The summed E-state index contributed by atoms with van der Waals surface area (Å²) in [6.07, 6.45) is 1.32. The lowest BCUT2D eigenvalue weighted by molar-refractivity contribution is -0.123. The summed E-state index contributed by atoms with van der Waals surface area (Å²) in [5, 5.41) is 12.4. The molecule has 2 rings (SSSR count). The van der Waals surface area contributed by atoms with Gasteiger partial charge in [-0.15, -0.1) is 0 Å². The van der Waals surface area contributed by atoms with E-state index >= 15 is 0 Å². The number of nitrogens with two attached hydrogens (primary N) is 1. The van der Waals surface area contributed by atoms with Gasteiger partial charge in [0.15, 0.2) is 0 Å². The lowest BCUT2D eigenvalue weighted by atomic mass is 10.1. The Morgan fingerprint density at radius 2 is 1.69 bits per heavy atom. The maximum absolute atomic E-state index is 12.7. The van der Waals surface area contributed by atoms with Crippen molar-refractivity contribution in [3.05, 3.63) is 65.4 Å². The second-order valence-electron chi connectivity index (χ2n) is 5.83. The molecule has 0 aliphatic carbocycles. The molecule has 0 saturated heterocycles. The minimum atomic E-state index is -0.705. The molecular weight excluding hydrogens is 328 g/mol. The second-order valence-corrected chi connectivity index (χ2v) is 5.83. The van der Waals surface area contributed by atoms with E-state index in [1.165, 1.54) is 13.1 Å². The van der Waals surface area contributed by atoms with Crippen LogP contribution in [0, 0.1) is 25.2 Å². The lowest BCUT2D eigenvalue weighted by Crippen LogP contribution is -2.36. The molecule has 6 heteroatoms. The average molecular weight is 348 g/mol. The molecule has 0 aliphatic rings. The number of hydrogen-bond acceptors (Lipinski definition) is 5. The van der Waals surface area contributed by atoms with Crippen LogP contribution < -0.4 is 16.0 Å². The van der Waals surface area contributed by atoms with Crippen molar-refractivity contribution in [1.29, 1.82) is 5.26 Å². The number of aryl methyl sites for hydroxylation is 2. The van der Waals surface area contributed by atoms with Crippen molar-refractivity contribution in [1.82, 2.24) is 0 Å². The molecule has 2 aromatic carbocycles. The van der Waals surface area contributed by atoms with E-state index in [0.29, 0.717) is 11.4 Å². The Hall–Kier alpha value is -3.59. The summed E-state index contributed by atoms with van der Waals surface area (Å²) >= 11 is 0. The first-order valence-corrected chi connectivity index (χ1v) is 7.98. The van der Waals surface area contributed by atoms with Crippen LogP contribution in [0.5, 0.6) is 0 Å². The van der Waals surface area contributed by atoms with Gasteiger partial charge in [0, 0.05) is 24.5 Å². The third-order valence-corrected chi connectivity index (χ3v) is 3.86. The van der Waals surface area contributed by atoms with Gasteiger partial charge in [-0.25, -0.2) is 4.90 Å². The highest BCUT2D eigenvalue weighted by atomic mass is 16.2. The molecule has 0 aromatic heterocycles. The number of para-hydroxylation sites is 1. The van der Waals surface area contributed by atoms with Gasteiger partial charge >= 0.3 is 0 Å². The molecule has 132 valence electrons. The van der Waals surface area contributed by atoms with Crippen LogP contribution >= 0.6 is 0 Å². The van der Waals surface area contributed by atoms with Crippen LogP contribution in [0.3, 0.4) is 0 Å². The number of nitrogens with one attached hydrogen (secondary N) is 1. The van der Waals surface area contributed by atoms with Gasteiger partial charge in [-0.2, -0.15) is 5.26 Å². The fraction of sp³-hybridized carbons (Fsp3) is 0.150. The number of anilines is 3. The van der Waals surface area contributed by atoms with Crippen molar-refractivity contribution in [3.63, 3.8) is 0 Å². The first-order chi connectivity index (χ1) is 12.3. The number of nitrogens with zero attached hydrogens (tertiary/aromatic N) is 2. The molecule has 0 spiro atoms. The van der Waals surface area contributed by atoms with Crippen molar-refractivity contribution >= 4 is 28.9 Å². The maximum atomic E-state index is 12.7. The van der Waals surface area contributed by atoms with Crippen molar-refractivity contribution in [2.75, 3.05) is 16.0 Å². The zero-order chi connectivity index (χ0) is 19.3. The Labute approximate surface area is 152 Å². The Morgan fingerprint density at radius 1 is 1.12 bits per heavy atom. The minimum Gasteiger partial charge on any atom is -0.399 e. The number of benzene rings is 2. The largest absolute Gasteiger partial charge is 0.399 e. The molecule has 2 aromatic rings. The topological polar surface area (TPSA) is 99.2 Å². The molecule has 6 nitrogen and oxygen atoms in total. The molecule has 0 aliphatic heterocycles. The van der Waals surface area contributed by atoms with Crippen molar-refractivity contribution in [2.45, 2.75) is 20.8 Å². The van der Waals surface area contributed by atoms with Crippen LogP contribution in [-0.4, -0.2) is 11.8 Å². The Bertz CT molecular complexity index is 888. The lowest BCUT2D eigenvalue weighted by Gasteiger charge is -2.19. The number of imide groups is 1. The normalized spacial score (nSPS) is 10.8. The smallest absolute Gasteiger partial charge is 0.277 e. The molecule has 0 unspecified atom stereocenters. The summed E-state index contributed by atoms with van der Waals surface area (Å²) in [6.45, 7) is 5.11. The van der Waals surface area contributed by atoms with Gasteiger partial charge < -0.3 is 11.1 Å². The molecule has 0 radical (unpaired) electrons. The third kappa shape index (κ3) is 4.08. The summed E-state index contributed by atoms with van der Waals surface area (Å²) in [4.78, 5) is 25.7. The first kappa shape index (κ1) is 18.7. The summed E-state index contributed by atoms with van der Waals surface area (Å²) in [5.74, 6) is -1.20. The van der Waals surface area contributed by atoms with E-state index in [2.05, 4.69) is 5.32 Å². The first-order valence-electron chi connectivity index (χ1n) is 7.98. The standard InChI is InChI=1S/C20H20N4O2/c1-13-5-4-6-14(2)19(13)23-12-16(11-21)20(26)24(15(3)25)18-9-7-17(22)8-10-18/h4-10,12,23H,22H2,1-3H3/b16-12-. The molecule has 3 N–H and O–H groups in total. The molecule has 0 saturated carbocycles. The number of rotatable bonds is 4. The van der Waals surface area contributed by atoms with E-state index in [1.54, 1.807) is 24.3 Å². The molecular formula is C20H20N4O2. The van der Waals surface area contributed by atoms with E-state index in [-0.39, 0.29) is 5.57 Å². The summed E-state index contributed by atoms with van der Waals surface area (Å²) in [7, 11) is 0. The van der Waals surface area contributed by atoms with Crippen LogP contribution in [-0.2, 0) is 9.59 Å². The molecule has 0 heterocycles. The van der Waals surface area contributed by atoms with Gasteiger partial charge in [0.1, 0.15) is 11.6 Å². The minimum absolute atomic E-state index is 0.181. The molecule has 0 bridgehead atoms. The van der Waals surface area contributed by atoms with Gasteiger partial charge in [0.05, 0.1) is 5.69 Å². The van der Waals surface area contributed by atoms with Gasteiger partial charge in [0.2, 0.25) is 5.91 Å². The predicted molar refractivity (Wildman–Crippen MR) is 102 cm³/mol. The van der Waals surface area contributed by atoms with E-state index < -0.39 is 11.8 Å². The van der Waals surface area contributed by atoms with Crippen LogP contribution in [0.1, 0.15) is 18.1 Å². The molecule has 0 atom stereocenters. The number of carbonyl (C=O) groups is 2. The third-order valence-electron chi connectivity index (χ3n) is 3.86. The van der Waals surface area contributed by atoms with E-state index in [1.807, 2.05) is 38.1 Å². The summed E-state index contributed by atoms with van der Waals surface area (Å²) in [5.41, 5.74) is 9.10. The molecule has 0 fully saturated rings. The quantitative estimate of drug-likeness (QED) is 0.502. The van der Waals surface area contributed by atoms with Crippen molar-refractivity contribution in [3.8, 4) is 6.07 Å². The fourth-order valence-electron chi connectivity index (χ4n) is 2.51. The predicted octanol–water partition coefficient (Wildman–Crippen LogP) is 3.28. The van der Waals surface area contributed by atoms with E-state index in [0.717, 1.165) is 21.7 Å². The summed E-state index contributed by atoms with van der Waals surface area (Å²) < 4.78 is 0. The SMILES string of the molecule is CC(=O)N(C(=O)/C(C#N)=C\Nc1c(C)cccc1C)c1ccc(N)cc1. The van der Waals surface area contributed by atoms with Crippen molar-refractivity contribution in [2.24, 2.45) is 0 Å². The Morgan fingerprint density at radius 3 is 2.19 bits per heavy atom. The zero-order valence-corrected chi connectivity index (χ0v) is 14.9. The van der Waals surface area contributed by atoms with Crippen LogP contribution in [0.4, 0.5) is 17.1 Å². The number of hydrogen-bond donors (Lipinski definition) is 2. The highest BCUT2D eigenvalue weighted by molar-refractivity contribution is 6.21. The van der Waals surface area contributed by atoms with E-state index in [4.69, 9.17) is 5.73 Å². The Balaban J connectivity index is 2.35. The van der Waals surface area contributed by atoms with Gasteiger partial charge in [-0.3, -0.25) is 9.59 Å². The summed E-state index contributed by atoms with van der Waals surface area (Å²) in [6, 6.07) is 13.9. The number of nitriles is 1. The number of amides is 2. The van der Waals surface area contributed by atoms with Crippen LogP contribution in [0.2, 0.25) is 0 Å². The second kappa shape index (κ2) is 7.99. The number of carbonyl (C=O) groups excluding carboxylic acids is 2.